The third-order valence-electron chi connectivity index (χ3n) is 5.62. The van der Waals surface area contributed by atoms with Crippen molar-refractivity contribution >= 4 is 11.5 Å². The monoisotopic (exact) mass is 433 g/mol. The first-order chi connectivity index (χ1) is 15.4. The molecule has 1 rings (SSSR count). The van der Waals surface area contributed by atoms with Crippen LogP contribution < -0.4 is 0 Å². The highest BCUT2D eigenvalue weighted by atomic mass is 16.5. The molecule has 0 amide bonds. The van der Waals surface area contributed by atoms with Crippen LogP contribution in [0.4, 0.5) is 0 Å². The molecular formula is C29H39NO2. The minimum absolute atomic E-state index is 0.0858. The number of nitrogens with zero attached hydrogens (tertiary/aromatic N) is 1. The van der Waals surface area contributed by atoms with Crippen molar-refractivity contribution in [2.75, 3.05) is 6.61 Å². The summed E-state index contributed by atoms with van der Waals surface area (Å²) in [6, 6.07) is 10.2. The van der Waals surface area contributed by atoms with Crippen LogP contribution in [0.5, 0.6) is 0 Å². The van der Waals surface area contributed by atoms with E-state index < -0.39 is 5.97 Å². The maximum Gasteiger partial charge on any atom is 0.349 e. The summed E-state index contributed by atoms with van der Waals surface area (Å²) in [5, 5.41) is 9.87. The lowest BCUT2D eigenvalue weighted by atomic mass is 9.94. The van der Waals surface area contributed by atoms with Crippen molar-refractivity contribution in [3.63, 3.8) is 0 Å². The Morgan fingerprint density at radius 3 is 2.44 bits per heavy atom. The second-order valence-corrected chi connectivity index (χ2v) is 8.51. The zero-order valence-corrected chi connectivity index (χ0v) is 20.5. The number of allylic oxidation sites excluding steroid dienone is 6. The van der Waals surface area contributed by atoms with Crippen molar-refractivity contribution in [1.82, 2.24) is 0 Å². The number of hydrogen-bond acceptors (Lipinski definition) is 3. The SMILES string of the molecule is C=C/C=C(C)\C=C/C/C(=C(\C#N)C(=O)OCC(CC)CCCC)c1ccc(C(C)C)cc1. The maximum absolute atomic E-state index is 12.9. The predicted octanol–water partition coefficient (Wildman–Crippen LogP) is 7.93. The Balaban J connectivity index is 3.23. The fraction of sp³-hybridized carbons (Fsp3) is 0.448. The van der Waals surface area contributed by atoms with Crippen molar-refractivity contribution in [3.8, 4) is 6.07 Å². The summed E-state index contributed by atoms with van der Waals surface area (Å²) in [6.45, 7) is 14.6. The molecule has 0 saturated carbocycles. The number of nitriles is 1. The molecule has 172 valence electrons. The van der Waals surface area contributed by atoms with Crippen LogP contribution in [0.1, 0.15) is 83.8 Å². The number of carbonyl (C=O) groups is 1. The van der Waals surface area contributed by atoms with Crippen molar-refractivity contribution in [2.24, 2.45) is 5.92 Å². The van der Waals surface area contributed by atoms with Gasteiger partial charge in [-0.1, -0.05) is 108 Å². The van der Waals surface area contributed by atoms with E-state index in [0.29, 0.717) is 30.4 Å². The molecule has 1 aromatic rings. The Hall–Kier alpha value is -2.86. The third-order valence-corrected chi connectivity index (χ3v) is 5.62. The van der Waals surface area contributed by atoms with Gasteiger partial charge in [0.15, 0.2) is 0 Å². The highest BCUT2D eigenvalue weighted by Gasteiger charge is 2.19. The molecule has 3 heteroatoms. The largest absolute Gasteiger partial charge is 0.461 e. The molecule has 0 fully saturated rings. The predicted molar refractivity (Wildman–Crippen MR) is 135 cm³/mol. The topological polar surface area (TPSA) is 50.1 Å². The Bertz CT molecular complexity index is 863. The van der Waals surface area contributed by atoms with Gasteiger partial charge in [-0.05, 0) is 48.3 Å². The standard InChI is InChI=1S/C29H39NO2/c1-7-10-14-24(9-3)21-32-29(31)28(20-30)27(15-11-13-23(6)12-8-2)26-18-16-25(17-19-26)22(4)5/h8,11-13,16-19,22,24H,2,7,9-10,14-15,21H2,1,3-6H3/b13-11-,23-12-,28-27-. The molecule has 32 heavy (non-hydrogen) atoms. The number of esters is 1. The Kier molecular flexibility index (Phi) is 12.8. The van der Waals surface area contributed by atoms with Gasteiger partial charge in [-0.2, -0.15) is 5.26 Å². The Labute approximate surface area is 195 Å². The zero-order chi connectivity index (χ0) is 23.9. The summed E-state index contributed by atoms with van der Waals surface area (Å²) in [7, 11) is 0. The van der Waals surface area contributed by atoms with Crippen LogP contribution in [-0.2, 0) is 9.53 Å². The average molecular weight is 434 g/mol. The normalized spacial score (nSPS) is 13.6. The van der Waals surface area contributed by atoms with E-state index in [0.717, 1.165) is 36.8 Å². The van der Waals surface area contributed by atoms with E-state index >= 15 is 0 Å². The van der Waals surface area contributed by atoms with Gasteiger partial charge in [0.05, 0.1) is 6.61 Å². The van der Waals surface area contributed by atoms with E-state index in [-0.39, 0.29) is 5.57 Å². The van der Waals surface area contributed by atoms with E-state index in [2.05, 4.69) is 52.5 Å². The first kappa shape index (κ1) is 27.2. The highest BCUT2D eigenvalue weighted by Crippen LogP contribution is 2.26. The lowest BCUT2D eigenvalue weighted by Crippen LogP contribution is -2.16. The van der Waals surface area contributed by atoms with Gasteiger partial charge >= 0.3 is 5.97 Å². The van der Waals surface area contributed by atoms with Crippen LogP contribution in [0.3, 0.4) is 0 Å². The molecule has 3 nitrogen and oxygen atoms in total. The van der Waals surface area contributed by atoms with Gasteiger partial charge in [0.1, 0.15) is 11.6 Å². The molecule has 0 heterocycles. The number of carbonyl (C=O) groups excluding carboxylic acids is 1. The number of benzene rings is 1. The Morgan fingerprint density at radius 2 is 1.91 bits per heavy atom. The van der Waals surface area contributed by atoms with Gasteiger partial charge in [-0.3, -0.25) is 0 Å². The summed E-state index contributed by atoms with van der Waals surface area (Å²) < 4.78 is 5.61. The molecule has 0 N–H and O–H groups in total. The molecule has 0 spiro atoms. The van der Waals surface area contributed by atoms with Crippen LogP contribution in [0, 0.1) is 17.2 Å². The van der Waals surface area contributed by atoms with Gasteiger partial charge in [0.2, 0.25) is 0 Å². The minimum Gasteiger partial charge on any atom is -0.461 e. The van der Waals surface area contributed by atoms with E-state index in [4.69, 9.17) is 4.74 Å². The molecule has 0 aliphatic heterocycles. The van der Waals surface area contributed by atoms with Crippen molar-refractivity contribution < 1.29 is 9.53 Å². The second kappa shape index (κ2) is 15.0. The Morgan fingerprint density at radius 1 is 1.22 bits per heavy atom. The van der Waals surface area contributed by atoms with Gasteiger partial charge in [0, 0.05) is 0 Å². The average Bonchev–Trinajstić information content (AvgIpc) is 2.79. The molecule has 0 bridgehead atoms. The lowest BCUT2D eigenvalue weighted by molar-refractivity contribution is -0.139. The summed E-state index contributed by atoms with van der Waals surface area (Å²) >= 11 is 0. The van der Waals surface area contributed by atoms with Crippen molar-refractivity contribution in [2.45, 2.75) is 72.6 Å². The van der Waals surface area contributed by atoms with Gasteiger partial charge in [-0.25, -0.2) is 4.79 Å². The van der Waals surface area contributed by atoms with E-state index in [1.807, 2.05) is 37.3 Å². The van der Waals surface area contributed by atoms with Crippen LogP contribution in [0.25, 0.3) is 5.57 Å². The van der Waals surface area contributed by atoms with Crippen LogP contribution in [0.2, 0.25) is 0 Å². The number of hydrogen-bond donors (Lipinski definition) is 0. The quantitative estimate of drug-likeness (QED) is 0.137. The summed E-state index contributed by atoms with van der Waals surface area (Å²) in [5.41, 5.74) is 3.92. The van der Waals surface area contributed by atoms with Crippen molar-refractivity contribution in [1.29, 1.82) is 5.26 Å². The molecule has 0 aliphatic rings. The molecule has 0 aliphatic carbocycles. The molecule has 1 atom stereocenters. The smallest absolute Gasteiger partial charge is 0.349 e. The first-order valence-electron chi connectivity index (χ1n) is 11.7. The first-order valence-corrected chi connectivity index (χ1v) is 11.7. The molecule has 0 aromatic heterocycles. The van der Waals surface area contributed by atoms with Gasteiger partial charge in [0.25, 0.3) is 0 Å². The number of ether oxygens (including phenoxy) is 1. The summed E-state index contributed by atoms with van der Waals surface area (Å²) in [6.07, 6.45) is 12.3. The van der Waals surface area contributed by atoms with E-state index in [1.165, 1.54) is 5.56 Å². The van der Waals surface area contributed by atoms with Crippen LogP contribution >= 0.6 is 0 Å². The lowest BCUT2D eigenvalue weighted by Gasteiger charge is -2.16. The van der Waals surface area contributed by atoms with E-state index in [9.17, 15) is 10.1 Å². The van der Waals surface area contributed by atoms with Crippen molar-refractivity contribution in [3.05, 3.63) is 77.4 Å². The van der Waals surface area contributed by atoms with Gasteiger partial charge in [-0.15, -0.1) is 0 Å². The fourth-order valence-corrected chi connectivity index (χ4v) is 3.44. The molecule has 0 radical (unpaired) electrons. The van der Waals surface area contributed by atoms with Gasteiger partial charge < -0.3 is 4.74 Å². The van der Waals surface area contributed by atoms with Crippen LogP contribution in [-0.4, -0.2) is 12.6 Å². The highest BCUT2D eigenvalue weighted by molar-refractivity contribution is 6.01. The fourth-order valence-electron chi connectivity index (χ4n) is 3.44. The maximum atomic E-state index is 12.9. The minimum atomic E-state index is -0.530. The molecular weight excluding hydrogens is 394 g/mol. The molecule has 1 aromatic carbocycles. The molecule has 1 unspecified atom stereocenters. The van der Waals surface area contributed by atoms with Crippen LogP contribution in [0.15, 0.2) is 66.3 Å². The number of unbranched alkanes of at least 4 members (excludes halogenated alkanes) is 1. The number of rotatable bonds is 13. The second-order valence-electron chi connectivity index (χ2n) is 8.51. The summed E-state index contributed by atoms with van der Waals surface area (Å²) in [4.78, 5) is 12.9. The third kappa shape index (κ3) is 9.10. The summed E-state index contributed by atoms with van der Waals surface area (Å²) in [5.74, 6) is 0.217. The zero-order valence-electron chi connectivity index (χ0n) is 20.5. The van der Waals surface area contributed by atoms with E-state index in [1.54, 1.807) is 6.08 Å². The molecule has 0 saturated heterocycles.